The van der Waals surface area contributed by atoms with Gasteiger partial charge < -0.3 is 10.4 Å². The van der Waals surface area contributed by atoms with Crippen LogP contribution in [0.3, 0.4) is 0 Å². The largest absolute Gasteiger partial charge is 0.396 e. The molecule has 2 N–H and O–H groups in total. The van der Waals surface area contributed by atoms with E-state index in [-0.39, 0.29) is 25.0 Å². The van der Waals surface area contributed by atoms with Crippen LogP contribution in [-0.2, 0) is 4.79 Å². The van der Waals surface area contributed by atoms with Crippen LogP contribution in [0.2, 0.25) is 0 Å². The lowest BCUT2D eigenvalue weighted by molar-refractivity contribution is -0.123. The predicted octanol–water partition coefficient (Wildman–Crippen LogP) is 1.78. The molecule has 0 radical (unpaired) electrons. The van der Waals surface area contributed by atoms with E-state index in [9.17, 15) is 9.59 Å². The number of amides is 2. The van der Waals surface area contributed by atoms with E-state index in [1.54, 1.807) is 12.1 Å². The Labute approximate surface area is 130 Å². The van der Waals surface area contributed by atoms with Crippen molar-refractivity contribution in [2.24, 2.45) is 0 Å². The maximum absolute atomic E-state index is 12.3. The van der Waals surface area contributed by atoms with E-state index < -0.39 is 5.54 Å². The van der Waals surface area contributed by atoms with E-state index in [1.807, 2.05) is 26.0 Å². The smallest absolute Gasteiger partial charge is 0.259 e. The molecule has 0 bridgehead atoms. The standard InChI is InChI=1S/C17H22N2O3/c1-4-17(3,9-10-20)18-15(21)11-19-12(2)13-7-5-6-8-14(13)16(19)22/h5-8,20H,2,4,9-11H2,1,3H3,(H,18,21). The lowest BCUT2D eigenvalue weighted by Crippen LogP contribution is -2.49. The van der Waals surface area contributed by atoms with E-state index in [1.165, 1.54) is 4.90 Å². The van der Waals surface area contributed by atoms with Gasteiger partial charge in [0.1, 0.15) is 6.54 Å². The van der Waals surface area contributed by atoms with Crippen LogP contribution < -0.4 is 5.32 Å². The van der Waals surface area contributed by atoms with Crippen LogP contribution in [-0.4, -0.2) is 40.5 Å². The van der Waals surface area contributed by atoms with E-state index >= 15 is 0 Å². The Hall–Kier alpha value is -2.14. The van der Waals surface area contributed by atoms with Crippen molar-refractivity contribution >= 4 is 17.5 Å². The summed E-state index contributed by atoms with van der Waals surface area (Å²) in [6.07, 6.45) is 1.18. The Morgan fingerprint density at radius 3 is 2.55 bits per heavy atom. The summed E-state index contributed by atoms with van der Waals surface area (Å²) in [4.78, 5) is 26.0. The van der Waals surface area contributed by atoms with Crippen molar-refractivity contribution in [2.75, 3.05) is 13.2 Å². The fraction of sp³-hybridized carbons (Fsp3) is 0.412. The summed E-state index contributed by atoms with van der Waals surface area (Å²) in [6.45, 7) is 7.70. The van der Waals surface area contributed by atoms with Gasteiger partial charge >= 0.3 is 0 Å². The molecular formula is C17H22N2O3. The van der Waals surface area contributed by atoms with Gasteiger partial charge in [0.2, 0.25) is 5.91 Å². The molecule has 0 saturated heterocycles. The summed E-state index contributed by atoms with van der Waals surface area (Å²) in [7, 11) is 0. The van der Waals surface area contributed by atoms with Gasteiger partial charge in [-0.2, -0.15) is 0 Å². The third-order valence-corrected chi connectivity index (χ3v) is 4.23. The zero-order valence-corrected chi connectivity index (χ0v) is 13.1. The van der Waals surface area contributed by atoms with Crippen LogP contribution in [0.1, 0.15) is 42.6 Å². The molecule has 1 aromatic carbocycles. The third-order valence-electron chi connectivity index (χ3n) is 4.23. The SMILES string of the molecule is C=C1c2ccccc2C(=O)N1CC(=O)NC(C)(CC)CCO. The quantitative estimate of drug-likeness (QED) is 0.841. The fourth-order valence-corrected chi connectivity index (χ4v) is 2.60. The molecule has 1 unspecified atom stereocenters. The van der Waals surface area contributed by atoms with Crippen molar-refractivity contribution in [3.63, 3.8) is 0 Å². The predicted molar refractivity (Wildman–Crippen MR) is 85.1 cm³/mol. The topological polar surface area (TPSA) is 69.6 Å². The molecule has 1 aliphatic heterocycles. The summed E-state index contributed by atoms with van der Waals surface area (Å²) < 4.78 is 0. The monoisotopic (exact) mass is 302 g/mol. The van der Waals surface area contributed by atoms with Gasteiger partial charge in [0.05, 0.1) is 0 Å². The highest BCUT2D eigenvalue weighted by Crippen LogP contribution is 2.30. The van der Waals surface area contributed by atoms with Crippen LogP contribution in [0, 0.1) is 0 Å². The van der Waals surface area contributed by atoms with Crippen LogP contribution >= 0.6 is 0 Å². The van der Waals surface area contributed by atoms with Gasteiger partial charge in [-0.3, -0.25) is 14.5 Å². The van der Waals surface area contributed by atoms with Crippen molar-refractivity contribution in [1.82, 2.24) is 10.2 Å². The molecule has 1 atom stereocenters. The number of aliphatic hydroxyl groups is 1. The number of nitrogens with zero attached hydrogens (tertiary/aromatic N) is 1. The molecule has 22 heavy (non-hydrogen) atoms. The summed E-state index contributed by atoms with van der Waals surface area (Å²) in [6, 6.07) is 7.21. The van der Waals surface area contributed by atoms with Crippen molar-refractivity contribution in [3.8, 4) is 0 Å². The molecule has 2 amide bonds. The maximum Gasteiger partial charge on any atom is 0.259 e. The Bertz CT molecular complexity index is 577. The molecule has 0 aliphatic carbocycles. The van der Waals surface area contributed by atoms with Gasteiger partial charge in [-0.25, -0.2) is 0 Å². The molecule has 1 aliphatic rings. The molecule has 0 aromatic heterocycles. The molecule has 1 aromatic rings. The number of carbonyl (C=O) groups is 2. The van der Waals surface area contributed by atoms with Gasteiger partial charge in [-0.05, 0) is 25.8 Å². The molecule has 0 fully saturated rings. The number of benzene rings is 1. The van der Waals surface area contributed by atoms with Crippen LogP contribution in [0.4, 0.5) is 0 Å². The molecule has 0 spiro atoms. The first-order chi connectivity index (χ1) is 10.4. The Kier molecular flexibility index (Phi) is 4.66. The maximum atomic E-state index is 12.3. The van der Waals surface area contributed by atoms with Gasteiger partial charge in [-0.1, -0.05) is 31.7 Å². The van der Waals surface area contributed by atoms with Crippen molar-refractivity contribution in [1.29, 1.82) is 0 Å². The number of nitrogens with one attached hydrogen (secondary N) is 1. The molecule has 2 rings (SSSR count). The number of rotatable bonds is 6. The molecule has 5 nitrogen and oxygen atoms in total. The van der Waals surface area contributed by atoms with Crippen molar-refractivity contribution in [2.45, 2.75) is 32.2 Å². The zero-order valence-electron chi connectivity index (χ0n) is 13.1. The minimum atomic E-state index is -0.469. The minimum Gasteiger partial charge on any atom is -0.396 e. The number of aliphatic hydroxyl groups excluding tert-OH is 1. The van der Waals surface area contributed by atoms with Crippen molar-refractivity contribution < 1.29 is 14.7 Å². The second kappa shape index (κ2) is 6.32. The summed E-state index contributed by atoms with van der Waals surface area (Å²) >= 11 is 0. The first-order valence-electron chi connectivity index (χ1n) is 7.44. The third kappa shape index (κ3) is 3.04. The number of hydrogen-bond acceptors (Lipinski definition) is 3. The second-order valence-corrected chi connectivity index (χ2v) is 5.82. The van der Waals surface area contributed by atoms with E-state index in [0.717, 1.165) is 5.56 Å². The van der Waals surface area contributed by atoms with E-state index in [0.29, 0.717) is 24.1 Å². The number of carbonyl (C=O) groups excluding carboxylic acids is 2. The molecule has 5 heteroatoms. The fourth-order valence-electron chi connectivity index (χ4n) is 2.60. The molecule has 1 heterocycles. The first-order valence-corrected chi connectivity index (χ1v) is 7.44. The molecule has 118 valence electrons. The average Bonchev–Trinajstić information content (AvgIpc) is 2.73. The van der Waals surface area contributed by atoms with Gasteiger partial charge in [0.25, 0.3) is 5.91 Å². The minimum absolute atomic E-state index is 0.00537. The Balaban J connectivity index is 2.08. The average molecular weight is 302 g/mol. The second-order valence-electron chi connectivity index (χ2n) is 5.82. The summed E-state index contributed by atoms with van der Waals surface area (Å²) in [5.41, 5.74) is 1.43. The van der Waals surface area contributed by atoms with Crippen LogP contribution in [0.25, 0.3) is 5.70 Å². The Morgan fingerprint density at radius 2 is 2.00 bits per heavy atom. The van der Waals surface area contributed by atoms with Crippen molar-refractivity contribution in [3.05, 3.63) is 42.0 Å². The lowest BCUT2D eigenvalue weighted by atomic mass is 9.95. The Morgan fingerprint density at radius 1 is 1.36 bits per heavy atom. The normalized spacial score (nSPS) is 16.4. The van der Waals surface area contributed by atoms with E-state index in [4.69, 9.17) is 5.11 Å². The number of fused-ring (bicyclic) bond motifs is 1. The zero-order chi connectivity index (χ0) is 16.3. The number of hydrogen-bond donors (Lipinski definition) is 2. The van der Waals surface area contributed by atoms with Crippen LogP contribution in [0.5, 0.6) is 0 Å². The van der Waals surface area contributed by atoms with Crippen LogP contribution in [0.15, 0.2) is 30.8 Å². The van der Waals surface area contributed by atoms with Gasteiger partial charge in [0.15, 0.2) is 0 Å². The molecule has 0 saturated carbocycles. The highest BCUT2D eigenvalue weighted by atomic mass is 16.3. The highest BCUT2D eigenvalue weighted by Gasteiger charge is 2.33. The first kappa shape index (κ1) is 16.2. The molecular weight excluding hydrogens is 280 g/mol. The van der Waals surface area contributed by atoms with E-state index in [2.05, 4.69) is 11.9 Å². The van der Waals surface area contributed by atoms with Gasteiger partial charge in [-0.15, -0.1) is 0 Å². The summed E-state index contributed by atoms with van der Waals surface area (Å²) in [5, 5.41) is 12.0. The highest BCUT2D eigenvalue weighted by molar-refractivity contribution is 6.10. The van der Waals surface area contributed by atoms with Gasteiger partial charge in [0, 0.05) is 29.0 Å². The lowest BCUT2D eigenvalue weighted by Gasteiger charge is -2.30. The summed E-state index contributed by atoms with van der Waals surface area (Å²) in [5.74, 6) is -0.448.